The van der Waals surface area contributed by atoms with E-state index < -0.39 is 0 Å². The van der Waals surface area contributed by atoms with Crippen molar-refractivity contribution in [2.24, 2.45) is 5.73 Å². The minimum Gasteiger partial charge on any atom is -0.493 e. The van der Waals surface area contributed by atoms with Crippen LogP contribution in [0, 0.1) is 0 Å². The summed E-state index contributed by atoms with van der Waals surface area (Å²) < 4.78 is 0. The molecule has 82 valence electrons. The predicted molar refractivity (Wildman–Crippen MR) is 55.7 cm³/mol. The van der Waals surface area contributed by atoms with E-state index in [1.54, 1.807) is 0 Å². The smallest absolute Gasteiger partial charge is 0.254 e. The fraction of sp³-hybridized carbons (Fsp3) is 0.600. The van der Waals surface area contributed by atoms with E-state index in [0.717, 1.165) is 31.7 Å². The Kier molecular flexibility index (Phi) is 2.73. The number of nitrogens with zero attached hydrogens (tertiary/aromatic N) is 1. The molecule has 15 heavy (non-hydrogen) atoms. The highest BCUT2D eigenvalue weighted by molar-refractivity contribution is 5.10. The van der Waals surface area contributed by atoms with E-state index >= 15 is 0 Å². The highest BCUT2D eigenvalue weighted by atomic mass is 16.3. The molecule has 1 aromatic heterocycles. The number of aromatic amines is 1. The number of hydrogen-bond acceptors (Lipinski definition) is 4. The van der Waals surface area contributed by atoms with Crippen LogP contribution in [0.3, 0.4) is 0 Å². The van der Waals surface area contributed by atoms with Gasteiger partial charge in [-0.1, -0.05) is 0 Å². The van der Waals surface area contributed by atoms with Crippen molar-refractivity contribution in [1.82, 2.24) is 9.97 Å². The molecule has 1 aromatic rings. The number of hydrogen-bond donors (Lipinski definition) is 3. The van der Waals surface area contributed by atoms with Crippen LogP contribution in [-0.4, -0.2) is 21.1 Å². The van der Waals surface area contributed by atoms with Crippen LogP contribution in [0.25, 0.3) is 0 Å². The third-order valence-corrected chi connectivity index (χ3v) is 2.91. The summed E-state index contributed by atoms with van der Waals surface area (Å²) in [5.74, 6) is 0.611. The zero-order valence-electron chi connectivity index (χ0n) is 8.44. The second kappa shape index (κ2) is 4.02. The molecule has 4 N–H and O–H groups in total. The minimum atomic E-state index is -0.299. The van der Waals surface area contributed by atoms with Crippen molar-refractivity contribution in [1.29, 1.82) is 0 Å². The molecule has 5 heteroatoms. The molecule has 0 aromatic carbocycles. The lowest BCUT2D eigenvalue weighted by Crippen LogP contribution is -2.27. The van der Waals surface area contributed by atoms with Crippen LogP contribution in [0.2, 0.25) is 0 Å². The van der Waals surface area contributed by atoms with Crippen LogP contribution in [-0.2, 0) is 0 Å². The van der Waals surface area contributed by atoms with E-state index in [1.807, 2.05) is 0 Å². The lowest BCUT2D eigenvalue weighted by molar-refractivity contribution is 0.377. The molecule has 0 bridgehead atoms. The predicted octanol–water partition coefficient (Wildman–Crippen LogP) is 0.460. The molecule has 0 aliphatic heterocycles. The van der Waals surface area contributed by atoms with Gasteiger partial charge in [0.05, 0.1) is 6.07 Å². The Morgan fingerprint density at radius 1 is 1.40 bits per heavy atom. The average Bonchev–Trinajstić information content (AvgIpc) is 2.17. The molecule has 0 atom stereocenters. The monoisotopic (exact) mass is 209 g/mol. The van der Waals surface area contributed by atoms with Gasteiger partial charge in [0.1, 0.15) is 5.82 Å². The minimum absolute atomic E-state index is 0.205. The standard InChI is InChI=1S/C10H15N3O2/c11-7-3-1-6(2-4-7)10-12-8(14)5-9(15)13-10/h5-7H,1-4,11H2,(H2,12,13,14,15). The molecule has 1 aliphatic carbocycles. The van der Waals surface area contributed by atoms with E-state index in [0.29, 0.717) is 5.82 Å². The van der Waals surface area contributed by atoms with Crippen molar-refractivity contribution in [2.45, 2.75) is 37.6 Å². The molecule has 0 unspecified atom stereocenters. The van der Waals surface area contributed by atoms with Crippen molar-refractivity contribution in [3.8, 4) is 5.88 Å². The van der Waals surface area contributed by atoms with E-state index in [2.05, 4.69) is 9.97 Å². The second-order valence-corrected chi connectivity index (χ2v) is 4.10. The number of nitrogens with two attached hydrogens (primary N) is 1. The Labute approximate surface area is 87.4 Å². The lowest BCUT2D eigenvalue weighted by Gasteiger charge is -2.24. The van der Waals surface area contributed by atoms with Gasteiger partial charge in [0.15, 0.2) is 0 Å². The first-order valence-electron chi connectivity index (χ1n) is 5.21. The first-order chi connectivity index (χ1) is 7.15. The number of rotatable bonds is 1. The summed E-state index contributed by atoms with van der Waals surface area (Å²) in [6, 6.07) is 1.35. The Balaban J connectivity index is 2.19. The van der Waals surface area contributed by atoms with E-state index in [-0.39, 0.29) is 23.4 Å². The van der Waals surface area contributed by atoms with Crippen molar-refractivity contribution in [2.75, 3.05) is 0 Å². The Hall–Kier alpha value is -1.36. The molecule has 5 nitrogen and oxygen atoms in total. The van der Waals surface area contributed by atoms with Gasteiger partial charge < -0.3 is 15.8 Å². The summed E-state index contributed by atoms with van der Waals surface area (Å²) in [5.41, 5.74) is 5.49. The first-order valence-corrected chi connectivity index (χ1v) is 5.21. The van der Waals surface area contributed by atoms with Gasteiger partial charge >= 0.3 is 0 Å². The summed E-state index contributed by atoms with van der Waals surface area (Å²) >= 11 is 0. The normalized spacial score (nSPS) is 26.5. The third-order valence-electron chi connectivity index (χ3n) is 2.91. The Bertz CT molecular complexity index is 394. The highest BCUT2D eigenvalue weighted by Gasteiger charge is 2.22. The number of aromatic nitrogens is 2. The van der Waals surface area contributed by atoms with Gasteiger partial charge in [-0.15, -0.1) is 0 Å². The van der Waals surface area contributed by atoms with Gasteiger partial charge in [-0.3, -0.25) is 4.79 Å². The van der Waals surface area contributed by atoms with Crippen molar-refractivity contribution in [3.63, 3.8) is 0 Å². The fourth-order valence-electron chi connectivity index (χ4n) is 2.05. The number of nitrogens with one attached hydrogen (secondary N) is 1. The van der Waals surface area contributed by atoms with Gasteiger partial charge in [-0.05, 0) is 25.7 Å². The molecule has 2 rings (SSSR count). The Morgan fingerprint density at radius 3 is 2.67 bits per heavy atom. The maximum absolute atomic E-state index is 11.1. The first kappa shape index (κ1) is 10.2. The summed E-state index contributed by atoms with van der Waals surface area (Å²) in [6.45, 7) is 0. The van der Waals surface area contributed by atoms with Crippen molar-refractivity contribution >= 4 is 0 Å². The van der Waals surface area contributed by atoms with Gasteiger partial charge in [0, 0.05) is 12.0 Å². The van der Waals surface area contributed by atoms with Crippen molar-refractivity contribution in [3.05, 3.63) is 22.2 Å². The molecule has 0 amide bonds. The van der Waals surface area contributed by atoms with Crippen LogP contribution in [0.15, 0.2) is 10.9 Å². The zero-order chi connectivity index (χ0) is 10.8. The summed E-state index contributed by atoms with van der Waals surface area (Å²) in [5, 5.41) is 9.22. The van der Waals surface area contributed by atoms with Gasteiger partial charge in [-0.25, -0.2) is 4.98 Å². The Morgan fingerprint density at radius 2 is 2.07 bits per heavy atom. The van der Waals surface area contributed by atoms with Crippen molar-refractivity contribution < 1.29 is 5.11 Å². The van der Waals surface area contributed by atoms with Crippen LogP contribution >= 0.6 is 0 Å². The van der Waals surface area contributed by atoms with Gasteiger partial charge in [0.2, 0.25) is 5.88 Å². The number of aromatic hydroxyl groups is 1. The largest absolute Gasteiger partial charge is 0.493 e. The van der Waals surface area contributed by atoms with Crippen LogP contribution in [0.5, 0.6) is 5.88 Å². The maximum Gasteiger partial charge on any atom is 0.254 e. The lowest BCUT2D eigenvalue weighted by atomic mass is 9.86. The van der Waals surface area contributed by atoms with Crippen LogP contribution in [0.4, 0.5) is 0 Å². The number of H-pyrrole nitrogens is 1. The average molecular weight is 209 g/mol. The molecule has 1 saturated carbocycles. The third kappa shape index (κ3) is 2.36. The highest BCUT2D eigenvalue weighted by Crippen LogP contribution is 2.29. The topological polar surface area (TPSA) is 92.0 Å². The summed E-state index contributed by atoms with van der Waals surface area (Å²) in [6.07, 6.45) is 3.75. The maximum atomic E-state index is 11.1. The summed E-state index contributed by atoms with van der Waals surface area (Å²) in [4.78, 5) is 17.7. The van der Waals surface area contributed by atoms with Gasteiger partial charge in [0.25, 0.3) is 5.56 Å². The van der Waals surface area contributed by atoms with Crippen LogP contribution in [0.1, 0.15) is 37.4 Å². The SMILES string of the molecule is NC1CCC(c2nc(O)cc(=O)[nH]2)CC1. The molecular weight excluding hydrogens is 194 g/mol. The van der Waals surface area contributed by atoms with E-state index in [4.69, 9.17) is 5.73 Å². The molecule has 0 radical (unpaired) electrons. The molecular formula is C10H15N3O2. The second-order valence-electron chi connectivity index (χ2n) is 4.10. The molecule has 0 saturated heterocycles. The van der Waals surface area contributed by atoms with Crippen LogP contribution < -0.4 is 11.3 Å². The zero-order valence-corrected chi connectivity index (χ0v) is 8.44. The summed E-state index contributed by atoms with van der Waals surface area (Å²) in [7, 11) is 0. The van der Waals surface area contributed by atoms with E-state index in [1.165, 1.54) is 0 Å². The van der Waals surface area contributed by atoms with E-state index in [9.17, 15) is 9.90 Å². The molecule has 1 fully saturated rings. The quantitative estimate of drug-likeness (QED) is 0.626. The molecule has 0 spiro atoms. The molecule has 1 aliphatic rings. The van der Waals surface area contributed by atoms with Gasteiger partial charge in [-0.2, -0.15) is 0 Å². The fourth-order valence-corrected chi connectivity index (χ4v) is 2.05. The molecule has 1 heterocycles.